The van der Waals surface area contributed by atoms with Crippen LogP contribution in [0.15, 0.2) is 64.0 Å². The summed E-state index contributed by atoms with van der Waals surface area (Å²) >= 11 is 0.537. The molecule has 204 valence electrons. The van der Waals surface area contributed by atoms with Gasteiger partial charge in [0.2, 0.25) is 11.2 Å². The molecule has 1 saturated heterocycles. The van der Waals surface area contributed by atoms with E-state index >= 15 is 0 Å². The Labute approximate surface area is 228 Å². The van der Waals surface area contributed by atoms with Crippen molar-refractivity contribution in [2.24, 2.45) is 4.99 Å². The number of morpholine rings is 1. The summed E-state index contributed by atoms with van der Waals surface area (Å²) in [6.45, 7) is 0.824. The monoisotopic (exact) mass is 567 g/mol. The number of halogens is 3. The molecule has 40 heavy (non-hydrogen) atoms. The van der Waals surface area contributed by atoms with Crippen molar-refractivity contribution in [2.75, 3.05) is 28.7 Å². The summed E-state index contributed by atoms with van der Waals surface area (Å²) in [5.41, 5.74) is 2.61. The van der Waals surface area contributed by atoms with Crippen LogP contribution in [0, 0.1) is 0 Å². The zero-order chi connectivity index (χ0) is 27.4. The third kappa shape index (κ3) is 4.48. The number of nitrogens with one attached hydrogen (secondary N) is 2. The molecule has 3 atom stereocenters. The summed E-state index contributed by atoms with van der Waals surface area (Å²) in [4.78, 5) is 23.5. The Kier molecular flexibility index (Phi) is 5.82. The number of ether oxygens (including phenoxy) is 1. The summed E-state index contributed by atoms with van der Waals surface area (Å²) in [5, 5.41) is 12.9. The molecule has 2 aliphatic heterocycles. The lowest BCUT2D eigenvalue weighted by atomic mass is 10.0. The first-order valence-corrected chi connectivity index (χ1v) is 13.3. The van der Waals surface area contributed by atoms with Crippen molar-refractivity contribution in [3.05, 3.63) is 70.7 Å². The van der Waals surface area contributed by atoms with Crippen LogP contribution in [0.25, 0.3) is 11.6 Å². The van der Waals surface area contributed by atoms with Crippen molar-refractivity contribution in [3.8, 4) is 11.6 Å². The number of amides is 1. The van der Waals surface area contributed by atoms with Gasteiger partial charge in [-0.05, 0) is 12.5 Å². The lowest BCUT2D eigenvalue weighted by Gasteiger charge is -2.27. The third-order valence-electron chi connectivity index (χ3n) is 6.76. The maximum atomic E-state index is 13.6. The number of alkyl halides is 3. The minimum Gasteiger partial charge on any atom is -0.402 e. The average molecular weight is 568 g/mol. The predicted molar refractivity (Wildman–Crippen MR) is 140 cm³/mol. The number of anilines is 3. The Balaban J connectivity index is 1.22. The van der Waals surface area contributed by atoms with Crippen molar-refractivity contribution in [3.63, 3.8) is 0 Å². The molecule has 1 aliphatic carbocycles. The van der Waals surface area contributed by atoms with Gasteiger partial charge in [-0.2, -0.15) is 13.2 Å². The summed E-state index contributed by atoms with van der Waals surface area (Å²) in [6.07, 6.45) is -5.07. The zero-order valence-corrected chi connectivity index (χ0v) is 21.4. The number of para-hydroxylation sites is 1. The first-order valence-electron chi connectivity index (χ1n) is 12.5. The van der Waals surface area contributed by atoms with E-state index in [1.807, 2.05) is 47.4 Å². The van der Waals surface area contributed by atoms with Crippen molar-refractivity contribution < 1.29 is 27.1 Å². The van der Waals surface area contributed by atoms with Crippen LogP contribution in [0.4, 0.5) is 29.9 Å². The largest absolute Gasteiger partial charge is 0.443 e. The number of carbonyl (C=O) groups is 1. The van der Waals surface area contributed by atoms with Gasteiger partial charge in [0.05, 0.1) is 30.2 Å². The molecule has 0 spiro atoms. The second-order valence-corrected chi connectivity index (χ2v) is 10.4. The average Bonchev–Trinajstić information content (AvgIpc) is 3.42. The van der Waals surface area contributed by atoms with Crippen LogP contribution in [-0.4, -0.2) is 58.3 Å². The molecule has 2 N–H and O–H groups in total. The maximum absolute atomic E-state index is 13.6. The second kappa shape index (κ2) is 9.41. The van der Waals surface area contributed by atoms with Gasteiger partial charge in [-0.15, -0.1) is 5.10 Å². The molecule has 2 fully saturated rings. The van der Waals surface area contributed by atoms with Gasteiger partial charge < -0.3 is 24.7 Å². The van der Waals surface area contributed by atoms with Crippen molar-refractivity contribution in [1.29, 1.82) is 0 Å². The molecular formula is C26H20F3N7O3S. The van der Waals surface area contributed by atoms with Crippen LogP contribution in [0.3, 0.4) is 0 Å². The van der Waals surface area contributed by atoms with E-state index in [0.29, 0.717) is 40.9 Å². The van der Waals surface area contributed by atoms with Crippen LogP contribution in [0.1, 0.15) is 22.6 Å². The highest BCUT2D eigenvalue weighted by molar-refractivity contribution is 7.16. The molecule has 0 radical (unpaired) electrons. The number of fused-ring (bicyclic) bond motifs is 2. The summed E-state index contributed by atoms with van der Waals surface area (Å²) in [5.74, 6) is -0.669. The lowest BCUT2D eigenvalue weighted by Crippen LogP contribution is -2.36. The van der Waals surface area contributed by atoms with Gasteiger partial charge in [0.25, 0.3) is 11.8 Å². The Bertz CT molecular complexity index is 1620. The number of hydrogen-bond acceptors (Lipinski definition) is 10. The van der Waals surface area contributed by atoms with E-state index in [2.05, 4.69) is 30.8 Å². The van der Waals surface area contributed by atoms with Gasteiger partial charge in [-0.1, -0.05) is 65.0 Å². The smallest absolute Gasteiger partial charge is 0.402 e. The Morgan fingerprint density at radius 3 is 2.70 bits per heavy atom. The SMILES string of the molecule is O=C1Nc2ccccc2C(c2ccccc2)=N[C@@H]1Nc1nnc(-c2nc(C(F)(F)F)sc2N2CCOC3C[C@H]32)o1. The van der Waals surface area contributed by atoms with E-state index in [9.17, 15) is 18.0 Å². The number of hydrogen-bond donors (Lipinski definition) is 2. The lowest BCUT2D eigenvalue weighted by molar-refractivity contribution is -0.137. The van der Waals surface area contributed by atoms with Gasteiger partial charge >= 0.3 is 12.2 Å². The highest BCUT2D eigenvalue weighted by Gasteiger charge is 2.48. The molecule has 4 aromatic rings. The number of benzene rings is 2. The van der Waals surface area contributed by atoms with Crippen LogP contribution in [0.2, 0.25) is 0 Å². The molecule has 0 bridgehead atoms. The number of thiazole rings is 1. The number of benzodiazepines with no additional fused rings is 1. The van der Waals surface area contributed by atoms with Gasteiger partial charge in [0.1, 0.15) is 5.00 Å². The normalized spacial score (nSPS) is 22.1. The maximum Gasteiger partial charge on any atom is 0.443 e. The number of rotatable bonds is 5. The quantitative estimate of drug-likeness (QED) is 0.364. The Hall–Kier alpha value is -4.30. The zero-order valence-electron chi connectivity index (χ0n) is 20.6. The number of aliphatic imine (C=N–C) groups is 1. The van der Waals surface area contributed by atoms with E-state index in [1.54, 1.807) is 12.1 Å². The molecule has 1 amide bonds. The fourth-order valence-electron chi connectivity index (χ4n) is 4.83. The molecule has 7 rings (SSSR count). The molecular weight excluding hydrogens is 547 g/mol. The minimum absolute atomic E-state index is 0.00695. The highest BCUT2D eigenvalue weighted by Crippen LogP contribution is 2.47. The summed E-state index contributed by atoms with van der Waals surface area (Å²) < 4.78 is 52.2. The summed E-state index contributed by atoms with van der Waals surface area (Å²) in [6, 6.07) is 16.5. The highest BCUT2D eigenvalue weighted by atomic mass is 32.1. The van der Waals surface area contributed by atoms with Crippen LogP contribution >= 0.6 is 11.3 Å². The fourth-order valence-corrected chi connectivity index (χ4v) is 5.84. The van der Waals surface area contributed by atoms with E-state index in [-0.39, 0.29) is 29.7 Å². The molecule has 10 nitrogen and oxygen atoms in total. The van der Waals surface area contributed by atoms with Crippen LogP contribution in [-0.2, 0) is 15.7 Å². The van der Waals surface area contributed by atoms with E-state index in [0.717, 1.165) is 17.5 Å². The van der Waals surface area contributed by atoms with Gasteiger partial charge in [0, 0.05) is 17.7 Å². The third-order valence-corrected chi connectivity index (χ3v) is 7.90. The Morgan fingerprint density at radius 2 is 1.88 bits per heavy atom. The molecule has 14 heteroatoms. The molecule has 4 heterocycles. The number of aromatic nitrogens is 3. The van der Waals surface area contributed by atoms with E-state index in [1.165, 1.54) is 0 Å². The molecule has 2 aromatic heterocycles. The predicted octanol–water partition coefficient (Wildman–Crippen LogP) is 4.42. The summed E-state index contributed by atoms with van der Waals surface area (Å²) in [7, 11) is 0. The van der Waals surface area contributed by atoms with Gasteiger partial charge in [-0.25, -0.2) is 9.98 Å². The fraction of sp³-hybridized carbons (Fsp3) is 0.269. The topological polar surface area (TPSA) is 118 Å². The van der Waals surface area contributed by atoms with Gasteiger partial charge in [0.15, 0.2) is 5.69 Å². The van der Waals surface area contributed by atoms with Crippen LogP contribution in [0.5, 0.6) is 0 Å². The molecule has 1 unspecified atom stereocenters. The van der Waals surface area contributed by atoms with Crippen molar-refractivity contribution in [1.82, 2.24) is 15.2 Å². The van der Waals surface area contributed by atoms with E-state index in [4.69, 9.17) is 9.15 Å². The Morgan fingerprint density at radius 1 is 1.07 bits per heavy atom. The molecule has 3 aliphatic rings. The first kappa shape index (κ1) is 24.7. The molecule has 1 saturated carbocycles. The van der Waals surface area contributed by atoms with Crippen molar-refractivity contribution >= 4 is 39.7 Å². The van der Waals surface area contributed by atoms with Crippen LogP contribution < -0.4 is 15.5 Å². The first-order chi connectivity index (χ1) is 19.3. The number of nitrogens with zero attached hydrogens (tertiary/aromatic N) is 5. The van der Waals surface area contributed by atoms with Crippen molar-refractivity contribution in [2.45, 2.75) is 30.9 Å². The second-order valence-electron chi connectivity index (χ2n) is 9.41. The van der Waals surface area contributed by atoms with Gasteiger partial charge in [-0.3, -0.25) is 4.79 Å². The molecule has 2 aromatic carbocycles. The number of carbonyl (C=O) groups excluding carboxylic acids is 1. The standard InChI is InChI=1S/C26H20F3N7O3S/c27-26(28,29)24-32-19(23(40-24)36-10-11-38-17-12-16(17)36)22-34-35-25(39-22)33-20-21(37)30-15-9-5-4-8-14(15)18(31-20)13-6-2-1-3-7-13/h1-9,16-17,20H,10-12H2,(H,30,37)(H,33,35)/t16-,17?,20-/m1/s1. The minimum atomic E-state index is -4.63. The van der Waals surface area contributed by atoms with E-state index < -0.39 is 23.3 Å².